The lowest BCUT2D eigenvalue weighted by molar-refractivity contribution is 0.593. The quantitative estimate of drug-likeness (QED) is 0.818. The summed E-state index contributed by atoms with van der Waals surface area (Å²) in [5.41, 5.74) is 0.845. The van der Waals surface area contributed by atoms with Gasteiger partial charge in [-0.3, -0.25) is 0 Å². The van der Waals surface area contributed by atoms with E-state index >= 15 is 0 Å². The minimum Gasteiger partial charge on any atom is -0.316 e. The van der Waals surface area contributed by atoms with Crippen LogP contribution in [-0.2, 0) is 16.6 Å². The molecule has 0 atom stereocenters. The molecule has 0 aromatic carbocycles. The molecule has 1 aromatic rings. The van der Waals surface area contributed by atoms with E-state index in [9.17, 15) is 8.42 Å². The maximum absolute atomic E-state index is 11.1. The second kappa shape index (κ2) is 3.69. The Balaban J connectivity index is 3.11. The second-order valence-electron chi connectivity index (χ2n) is 2.76. The van der Waals surface area contributed by atoms with Gasteiger partial charge in [0, 0.05) is 12.7 Å². The molecule has 1 aromatic heterocycles. The average Bonchev–Trinajstić information content (AvgIpc) is 2.30. The van der Waals surface area contributed by atoms with E-state index in [1.165, 1.54) is 6.20 Å². The Labute approximate surface area is 82.6 Å². The van der Waals surface area contributed by atoms with Crippen molar-refractivity contribution in [1.82, 2.24) is 9.29 Å². The zero-order chi connectivity index (χ0) is 10.1. The molecule has 0 fully saturated rings. The monoisotopic (exact) mass is 222 g/mol. The molecule has 0 saturated heterocycles. The van der Waals surface area contributed by atoms with Crippen molar-refractivity contribution in [3.8, 4) is 0 Å². The molecule has 74 valence electrons. The summed E-state index contributed by atoms with van der Waals surface area (Å²) in [6.45, 7) is 0.599. The molecule has 0 radical (unpaired) electrons. The molecule has 1 heterocycles. The van der Waals surface area contributed by atoms with Crippen LogP contribution >= 0.6 is 11.6 Å². The largest absolute Gasteiger partial charge is 0.316 e. The third kappa shape index (κ3) is 2.46. The van der Waals surface area contributed by atoms with Gasteiger partial charge in [-0.1, -0.05) is 11.6 Å². The second-order valence-corrected chi connectivity index (χ2v) is 5.01. The first-order chi connectivity index (χ1) is 5.95. The molecule has 0 aliphatic heterocycles. The summed E-state index contributed by atoms with van der Waals surface area (Å²) < 4.78 is 23.3. The van der Waals surface area contributed by atoms with Crippen molar-refractivity contribution >= 4 is 21.6 Å². The first-order valence-corrected chi connectivity index (χ1v) is 5.89. The summed E-state index contributed by atoms with van der Waals surface area (Å²) in [5, 5.41) is 3.12. The van der Waals surface area contributed by atoms with Gasteiger partial charge in [-0.05, 0) is 18.7 Å². The molecule has 0 amide bonds. The predicted molar refractivity (Wildman–Crippen MR) is 52.4 cm³/mol. The summed E-state index contributed by atoms with van der Waals surface area (Å²) in [6, 6.07) is 1.62. The zero-order valence-electron chi connectivity index (χ0n) is 7.41. The molecule has 0 aliphatic rings. The maximum atomic E-state index is 11.1. The molecule has 0 spiro atoms. The molecular weight excluding hydrogens is 212 g/mol. The van der Waals surface area contributed by atoms with Crippen molar-refractivity contribution in [3.63, 3.8) is 0 Å². The molecular formula is C7H11ClN2O2S. The van der Waals surface area contributed by atoms with Gasteiger partial charge in [-0.25, -0.2) is 12.4 Å². The van der Waals surface area contributed by atoms with Gasteiger partial charge in [-0.2, -0.15) is 0 Å². The van der Waals surface area contributed by atoms with E-state index in [0.29, 0.717) is 6.54 Å². The first-order valence-electron chi connectivity index (χ1n) is 3.67. The maximum Gasteiger partial charge on any atom is 0.236 e. The van der Waals surface area contributed by atoms with Crippen LogP contribution in [0.2, 0.25) is 5.15 Å². The molecule has 0 saturated carbocycles. The van der Waals surface area contributed by atoms with E-state index in [1.807, 2.05) is 0 Å². The Morgan fingerprint density at radius 1 is 1.62 bits per heavy atom. The van der Waals surface area contributed by atoms with E-state index in [4.69, 9.17) is 11.6 Å². The van der Waals surface area contributed by atoms with E-state index in [2.05, 4.69) is 5.32 Å². The van der Waals surface area contributed by atoms with Gasteiger partial charge in [0.05, 0.1) is 6.26 Å². The van der Waals surface area contributed by atoms with Crippen LogP contribution in [0, 0.1) is 0 Å². The summed E-state index contributed by atoms with van der Waals surface area (Å²) in [4.78, 5) is 0. The van der Waals surface area contributed by atoms with Gasteiger partial charge < -0.3 is 5.32 Å². The van der Waals surface area contributed by atoms with Crippen LogP contribution in [0.5, 0.6) is 0 Å². The Morgan fingerprint density at radius 2 is 2.23 bits per heavy atom. The molecule has 0 bridgehead atoms. The standard InChI is InChI=1S/C7H11ClN2O2S/c1-9-4-6-3-7(8)10(5-6)13(2,11)12/h3,5,9H,4H2,1-2H3. The number of halogens is 1. The normalized spacial score (nSPS) is 11.9. The molecule has 4 nitrogen and oxygen atoms in total. The van der Waals surface area contributed by atoms with Crippen LogP contribution in [0.4, 0.5) is 0 Å². The highest BCUT2D eigenvalue weighted by atomic mass is 35.5. The third-order valence-electron chi connectivity index (χ3n) is 1.54. The van der Waals surface area contributed by atoms with Crippen molar-refractivity contribution in [3.05, 3.63) is 23.0 Å². The Kier molecular flexibility index (Phi) is 3.00. The number of rotatable bonds is 3. The van der Waals surface area contributed by atoms with E-state index in [-0.39, 0.29) is 5.15 Å². The molecule has 1 N–H and O–H groups in total. The van der Waals surface area contributed by atoms with Gasteiger partial charge in [-0.15, -0.1) is 0 Å². The fourth-order valence-corrected chi connectivity index (χ4v) is 2.28. The van der Waals surface area contributed by atoms with Crippen molar-refractivity contribution in [2.45, 2.75) is 6.54 Å². The van der Waals surface area contributed by atoms with Crippen LogP contribution in [0.3, 0.4) is 0 Å². The van der Waals surface area contributed by atoms with Crippen LogP contribution in [0.1, 0.15) is 5.56 Å². The lowest BCUT2D eigenvalue weighted by Crippen LogP contribution is -2.09. The lowest BCUT2D eigenvalue weighted by atomic mass is 10.3. The number of nitrogens with zero attached hydrogens (tertiary/aromatic N) is 1. The van der Waals surface area contributed by atoms with Crippen molar-refractivity contribution < 1.29 is 8.42 Å². The average molecular weight is 223 g/mol. The van der Waals surface area contributed by atoms with Gasteiger partial charge in [0.25, 0.3) is 0 Å². The number of hydrogen-bond donors (Lipinski definition) is 1. The molecule has 0 aliphatic carbocycles. The fraction of sp³-hybridized carbons (Fsp3) is 0.429. The zero-order valence-corrected chi connectivity index (χ0v) is 8.98. The highest BCUT2D eigenvalue weighted by Crippen LogP contribution is 2.16. The summed E-state index contributed by atoms with van der Waals surface area (Å²) >= 11 is 5.72. The Hall–Kier alpha value is -0.520. The molecule has 1 rings (SSSR count). The summed E-state index contributed by atoms with van der Waals surface area (Å²) in [6.07, 6.45) is 2.62. The van der Waals surface area contributed by atoms with Crippen LogP contribution in [0.15, 0.2) is 12.3 Å². The number of hydrogen-bond acceptors (Lipinski definition) is 3. The number of aromatic nitrogens is 1. The molecule has 13 heavy (non-hydrogen) atoms. The van der Waals surface area contributed by atoms with Crippen molar-refractivity contribution in [2.24, 2.45) is 0 Å². The van der Waals surface area contributed by atoms with Crippen molar-refractivity contribution in [2.75, 3.05) is 13.3 Å². The van der Waals surface area contributed by atoms with Gasteiger partial charge in [0.2, 0.25) is 10.0 Å². The highest BCUT2D eigenvalue weighted by molar-refractivity contribution is 7.89. The summed E-state index contributed by atoms with van der Waals surface area (Å²) in [7, 11) is -1.49. The fourth-order valence-electron chi connectivity index (χ4n) is 1.02. The molecule has 6 heteroatoms. The Morgan fingerprint density at radius 3 is 2.62 bits per heavy atom. The van der Waals surface area contributed by atoms with Crippen LogP contribution in [0.25, 0.3) is 0 Å². The predicted octanol–water partition coefficient (Wildman–Crippen LogP) is 0.669. The van der Waals surface area contributed by atoms with Gasteiger partial charge >= 0.3 is 0 Å². The SMILES string of the molecule is CNCc1cc(Cl)n(S(C)(=O)=O)c1. The lowest BCUT2D eigenvalue weighted by Gasteiger charge is -1.99. The van der Waals surface area contributed by atoms with Crippen molar-refractivity contribution in [1.29, 1.82) is 0 Å². The Bertz CT molecular complexity index is 397. The first kappa shape index (κ1) is 10.6. The van der Waals surface area contributed by atoms with Gasteiger partial charge in [0.1, 0.15) is 5.15 Å². The van der Waals surface area contributed by atoms with Crippen LogP contribution in [-0.4, -0.2) is 25.7 Å². The summed E-state index contributed by atoms with van der Waals surface area (Å²) in [5.74, 6) is 0. The van der Waals surface area contributed by atoms with E-state index in [0.717, 1.165) is 15.8 Å². The smallest absolute Gasteiger partial charge is 0.236 e. The minimum atomic E-state index is -3.27. The minimum absolute atomic E-state index is 0.216. The molecule has 0 unspecified atom stereocenters. The highest BCUT2D eigenvalue weighted by Gasteiger charge is 2.10. The van der Waals surface area contributed by atoms with Crippen LogP contribution < -0.4 is 5.32 Å². The number of nitrogens with one attached hydrogen (secondary N) is 1. The third-order valence-corrected chi connectivity index (χ3v) is 2.94. The van der Waals surface area contributed by atoms with Gasteiger partial charge in [0.15, 0.2) is 0 Å². The van der Waals surface area contributed by atoms with E-state index in [1.54, 1.807) is 13.1 Å². The topological polar surface area (TPSA) is 51.1 Å². The van der Waals surface area contributed by atoms with E-state index < -0.39 is 10.0 Å².